The Morgan fingerprint density at radius 2 is 1.53 bits per heavy atom. The van der Waals surface area contributed by atoms with Crippen LogP contribution in [0.4, 0.5) is 0 Å². The van der Waals surface area contributed by atoms with Gasteiger partial charge in [-0.2, -0.15) is 0 Å². The summed E-state index contributed by atoms with van der Waals surface area (Å²) in [6.07, 6.45) is 4.97. The maximum absolute atomic E-state index is 6.35. The standard InChI is InChI=1S/C27H22NO.C15H18NSi.Ir/c1-18(2)15-19-13-14-28-25(16-19)24-10-6-9-23-22-12-11-21(17-26(22)29-27(23)24)20-7-4-3-5-8-20;1-12-10-14(13-8-6-5-7-9-13)16-11-15(12)17(2,3)4;/h3-9,11-14,16-18H,15H2,1-2H3;5-8,10-11H,1-4H3;/q2*-1;. The van der Waals surface area contributed by atoms with E-state index in [0.29, 0.717) is 5.92 Å². The molecule has 0 aliphatic heterocycles. The minimum atomic E-state index is -1.27. The van der Waals surface area contributed by atoms with Crippen molar-refractivity contribution in [1.82, 2.24) is 9.97 Å². The maximum Gasteiger partial charge on any atom is 0.121 e. The molecule has 7 rings (SSSR count). The van der Waals surface area contributed by atoms with Crippen LogP contribution in [0.3, 0.4) is 0 Å². The Labute approximate surface area is 293 Å². The molecule has 47 heavy (non-hydrogen) atoms. The van der Waals surface area contributed by atoms with Crippen LogP contribution in [-0.4, -0.2) is 18.0 Å². The SMILES string of the molecule is CC(C)Cc1ccnc(-c2[c-]ccc3c2oc2cc(-c4ccccc4)ccc23)c1.Cc1cc(-c2[c-]cccc2)ncc1[Si](C)(C)C.[Ir]. The van der Waals surface area contributed by atoms with Gasteiger partial charge in [-0.3, -0.25) is 0 Å². The van der Waals surface area contributed by atoms with Crippen molar-refractivity contribution in [2.45, 2.75) is 46.8 Å². The Morgan fingerprint density at radius 3 is 2.23 bits per heavy atom. The van der Waals surface area contributed by atoms with Crippen LogP contribution in [0.25, 0.3) is 55.6 Å². The van der Waals surface area contributed by atoms with E-state index in [2.05, 4.69) is 142 Å². The first kappa shape index (κ1) is 34.2. The van der Waals surface area contributed by atoms with Gasteiger partial charge in [0.05, 0.1) is 13.7 Å². The molecule has 0 N–H and O–H groups in total. The van der Waals surface area contributed by atoms with Gasteiger partial charge in [-0.25, -0.2) is 0 Å². The first-order valence-electron chi connectivity index (χ1n) is 16.0. The molecule has 0 unspecified atom stereocenters. The number of furan rings is 1. The summed E-state index contributed by atoms with van der Waals surface area (Å²) in [5.41, 5.74) is 10.6. The third-order valence-corrected chi connectivity index (χ3v) is 10.3. The molecule has 3 nitrogen and oxygen atoms in total. The molecule has 0 saturated heterocycles. The van der Waals surface area contributed by atoms with Gasteiger partial charge in [0.1, 0.15) is 5.58 Å². The molecule has 0 aliphatic carbocycles. The quantitative estimate of drug-likeness (QED) is 0.124. The number of hydrogen-bond acceptors (Lipinski definition) is 3. The molecule has 3 heterocycles. The van der Waals surface area contributed by atoms with Crippen molar-refractivity contribution in [3.63, 3.8) is 0 Å². The summed E-state index contributed by atoms with van der Waals surface area (Å²) in [7, 11) is -1.27. The third-order valence-electron chi connectivity index (χ3n) is 8.17. The molecule has 5 heteroatoms. The second-order valence-corrected chi connectivity index (χ2v) is 18.4. The van der Waals surface area contributed by atoms with Gasteiger partial charge in [-0.05, 0) is 59.1 Å². The minimum absolute atomic E-state index is 0. The van der Waals surface area contributed by atoms with E-state index in [1.807, 2.05) is 36.5 Å². The molecular formula is C42H40IrN2OSi-2. The van der Waals surface area contributed by atoms with Crippen LogP contribution in [0.5, 0.6) is 0 Å². The van der Waals surface area contributed by atoms with Gasteiger partial charge in [-0.15, -0.1) is 54.1 Å². The van der Waals surface area contributed by atoms with Gasteiger partial charge in [-0.1, -0.05) is 110 Å². The van der Waals surface area contributed by atoms with Crippen molar-refractivity contribution in [3.8, 4) is 33.6 Å². The molecule has 4 aromatic carbocycles. The fourth-order valence-corrected chi connectivity index (χ4v) is 7.70. The van der Waals surface area contributed by atoms with Crippen LogP contribution in [0.1, 0.15) is 25.0 Å². The number of benzene rings is 4. The number of aryl methyl sites for hydroxylation is 1. The van der Waals surface area contributed by atoms with Gasteiger partial charge >= 0.3 is 0 Å². The molecule has 0 fully saturated rings. The Morgan fingerprint density at radius 1 is 0.745 bits per heavy atom. The summed E-state index contributed by atoms with van der Waals surface area (Å²) in [6.45, 7) is 13.7. The van der Waals surface area contributed by atoms with Crippen LogP contribution >= 0.6 is 0 Å². The number of aromatic nitrogens is 2. The van der Waals surface area contributed by atoms with Gasteiger partial charge in [0, 0.05) is 37.9 Å². The largest absolute Gasteiger partial charge is 0.501 e. The summed E-state index contributed by atoms with van der Waals surface area (Å²) in [5.74, 6) is 0.604. The zero-order valence-electron chi connectivity index (χ0n) is 27.9. The summed E-state index contributed by atoms with van der Waals surface area (Å²) in [5, 5.41) is 3.66. The molecule has 1 radical (unpaired) electrons. The molecular weight excluding hydrogens is 769 g/mol. The zero-order valence-corrected chi connectivity index (χ0v) is 31.3. The Balaban J connectivity index is 0.000000207. The molecule has 3 aromatic heterocycles. The fourth-order valence-electron chi connectivity index (χ4n) is 5.99. The average molecular weight is 809 g/mol. The first-order chi connectivity index (χ1) is 22.2. The van der Waals surface area contributed by atoms with Crippen LogP contribution in [0.2, 0.25) is 19.6 Å². The fraction of sp³-hybridized carbons (Fsp3) is 0.190. The van der Waals surface area contributed by atoms with Crippen molar-refractivity contribution in [3.05, 3.63) is 139 Å². The van der Waals surface area contributed by atoms with E-state index in [1.54, 1.807) is 0 Å². The normalized spacial score (nSPS) is 11.3. The maximum atomic E-state index is 6.35. The Kier molecular flexibility index (Phi) is 10.7. The second-order valence-electron chi connectivity index (χ2n) is 13.3. The van der Waals surface area contributed by atoms with E-state index in [-0.39, 0.29) is 20.1 Å². The molecule has 0 spiro atoms. The van der Waals surface area contributed by atoms with Crippen molar-refractivity contribution < 1.29 is 24.5 Å². The van der Waals surface area contributed by atoms with Crippen molar-refractivity contribution in [2.75, 3.05) is 0 Å². The molecule has 0 bridgehead atoms. The first-order valence-corrected chi connectivity index (χ1v) is 19.5. The van der Waals surface area contributed by atoms with E-state index in [1.165, 1.54) is 21.9 Å². The molecule has 239 valence electrons. The molecule has 7 aromatic rings. The Hall–Kier alpha value is -4.15. The number of hydrogen-bond donors (Lipinski definition) is 0. The van der Waals surface area contributed by atoms with Gasteiger partial charge < -0.3 is 14.4 Å². The van der Waals surface area contributed by atoms with E-state index in [9.17, 15) is 0 Å². The van der Waals surface area contributed by atoms with Crippen LogP contribution in [-0.2, 0) is 26.5 Å². The van der Waals surface area contributed by atoms with E-state index in [0.717, 1.165) is 56.4 Å². The summed E-state index contributed by atoms with van der Waals surface area (Å²) < 4.78 is 6.35. The Bertz CT molecular complexity index is 2100. The smallest absolute Gasteiger partial charge is 0.121 e. The average Bonchev–Trinajstić information content (AvgIpc) is 3.43. The summed E-state index contributed by atoms with van der Waals surface area (Å²) >= 11 is 0. The summed E-state index contributed by atoms with van der Waals surface area (Å²) in [6, 6.07) is 41.8. The van der Waals surface area contributed by atoms with Crippen LogP contribution < -0.4 is 5.19 Å². The monoisotopic (exact) mass is 809 g/mol. The van der Waals surface area contributed by atoms with Crippen LogP contribution in [0, 0.1) is 25.0 Å². The topological polar surface area (TPSA) is 38.9 Å². The number of fused-ring (bicyclic) bond motifs is 3. The van der Waals surface area contributed by atoms with Gasteiger partial charge in [0.15, 0.2) is 0 Å². The van der Waals surface area contributed by atoms with E-state index in [4.69, 9.17) is 4.42 Å². The summed E-state index contributed by atoms with van der Waals surface area (Å²) in [4.78, 5) is 9.19. The van der Waals surface area contributed by atoms with E-state index < -0.39 is 8.07 Å². The third kappa shape index (κ3) is 7.88. The van der Waals surface area contributed by atoms with Gasteiger partial charge in [0.25, 0.3) is 0 Å². The van der Waals surface area contributed by atoms with E-state index >= 15 is 0 Å². The molecule has 0 saturated carbocycles. The van der Waals surface area contributed by atoms with Crippen LogP contribution in [0.15, 0.2) is 120 Å². The predicted molar refractivity (Wildman–Crippen MR) is 196 cm³/mol. The molecule has 0 atom stereocenters. The molecule has 0 amide bonds. The predicted octanol–water partition coefficient (Wildman–Crippen LogP) is 10.7. The number of nitrogens with zero attached hydrogens (tertiary/aromatic N) is 2. The molecule has 0 aliphatic rings. The van der Waals surface area contributed by atoms with Crippen molar-refractivity contribution in [1.29, 1.82) is 0 Å². The van der Waals surface area contributed by atoms with Gasteiger partial charge in [0.2, 0.25) is 0 Å². The van der Waals surface area contributed by atoms with Crippen molar-refractivity contribution >= 4 is 35.2 Å². The zero-order chi connectivity index (χ0) is 32.3. The number of pyridine rings is 2. The van der Waals surface area contributed by atoms with Crippen molar-refractivity contribution in [2.24, 2.45) is 5.92 Å². The minimum Gasteiger partial charge on any atom is -0.501 e. The number of rotatable bonds is 6. The second kappa shape index (κ2) is 14.7.